The number of benzene rings is 1. The number of hydrogen-bond acceptors (Lipinski definition) is 5. The normalized spacial score (nSPS) is 27.5. The average molecular weight is 451 g/mol. The minimum atomic E-state index is -0.512. The number of nitrogens with zero attached hydrogens (tertiary/aromatic N) is 2. The van der Waals surface area contributed by atoms with E-state index in [2.05, 4.69) is 49.8 Å². The van der Waals surface area contributed by atoms with Gasteiger partial charge in [0.25, 0.3) is 0 Å². The van der Waals surface area contributed by atoms with Gasteiger partial charge in [0.2, 0.25) is 0 Å². The smallest absolute Gasteiger partial charge is 0.444 e. The number of likely N-dealkylation sites (tertiary alicyclic amines) is 1. The van der Waals surface area contributed by atoms with Gasteiger partial charge >= 0.3 is 13.2 Å². The molecule has 2 unspecified atom stereocenters. The van der Waals surface area contributed by atoms with E-state index in [-0.39, 0.29) is 36.5 Å². The van der Waals surface area contributed by atoms with Crippen molar-refractivity contribution in [2.24, 2.45) is 5.92 Å². The van der Waals surface area contributed by atoms with Crippen LogP contribution in [0.2, 0.25) is 0 Å². The van der Waals surface area contributed by atoms with Gasteiger partial charge in [-0.3, -0.25) is 4.90 Å². The first kappa shape index (κ1) is 22.5. The van der Waals surface area contributed by atoms with Gasteiger partial charge in [-0.05, 0) is 78.3 Å². The molecule has 1 saturated carbocycles. The number of amides is 1. The summed E-state index contributed by atoms with van der Waals surface area (Å²) >= 11 is 0. The van der Waals surface area contributed by atoms with Gasteiger partial charge in [0.1, 0.15) is 11.4 Å². The van der Waals surface area contributed by atoms with Gasteiger partial charge in [-0.15, -0.1) is 0 Å². The van der Waals surface area contributed by atoms with Gasteiger partial charge in [0.05, 0.1) is 29.1 Å². The third-order valence-corrected chi connectivity index (χ3v) is 7.37. The number of aromatic nitrogens is 2. The minimum Gasteiger partial charge on any atom is -0.444 e. The molecule has 2 aliphatic heterocycles. The molecule has 3 heterocycles. The molecule has 3 fully saturated rings. The summed E-state index contributed by atoms with van der Waals surface area (Å²) in [5, 5.41) is 0. The molecule has 1 N–H and O–H groups in total. The maximum Gasteiger partial charge on any atom is 0.494 e. The lowest BCUT2D eigenvalue weighted by molar-refractivity contribution is 0.00578. The van der Waals surface area contributed by atoms with E-state index >= 15 is 0 Å². The predicted octanol–water partition coefficient (Wildman–Crippen LogP) is 4.45. The highest BCUT2D eigenvalue weighted by molar-refractivity contribution is 6.62. The van der Waals surface area contributed by atoms with Crippen molar-refractivity contribution in [3.8, 4) is 11.3 Å². The number of hydrogen-bond donors (Lipinski definition) is 1. The molecular formula is C25H34BN3O4. The molecule has 0 radical (unpaired) electrons. The van der Waals surface area contributed by atoms with Gasteiger partial charge in [-0.25, -0.2) is 9.78 Å². The van der Waals surface area contributed by atoms with E-state index in [1.807, 2.05) is 44.0 Å². The summed E-state index contributed by atoms with van der Waals surface area (Å²) in [5.41, 5.74) is 1.70. The van der Waals surface area contributed by atoms with Crippen LogP contribution in [0, 0.1) is 5.92 Å². The number of aromatic amines is 1. The first-order valence-electron chi connectivity index (χ1n) is 11.9. The Morgan fingerprint density at radius 2 is 1.76 bits per heavy atom. The molecule has 7 nitrogen and oxygen atoms in total. The lowest BCUT2D eigenvalue weighted by Gasteiger charge is -2.32. The molecule has 3 aliphatic rings. The average Bonchev–Trinajstić information content (AvgIpc) is 3.07. The fourth-order valence-electron chi connectivity index (χ4n) is 4.73. The Morgan fingerprint density at radius 1 is 1.12 bits per heavy atom. The van der Waals surface area contributed by atoms with Gasteiger partial charge in [0, 0.05) is 6.04 Å². The van der Waals surface area contributed by atoms with Crippen LogP contribution in [0.3, 0.4) is 0 Å². The molecule has 1 amide bonds. The summed E-state index contributed by atoms with van der Waals surface area (Å²) < 4.78 is 18.0. The van der Waals surface area contributed by atoms with E-state index in [0.29, 0.717) is 5.92 Å². The molecule has 2 aromatic rings. The quantitative estimate of drug-likeness (QED) is 0.698. The Bertz CT molecular complexity index is 1040. The Hall–Kier alpha value is -2.32. The molecule has 1 aromatic heterocycles. The molecule has 1 aromatic carbocycles. The Labute approximate surface area is 196 Å². The summed E-state index contributed by atoms with van der Waals surface area (Å²) in [6.07, 6.45) is 3.58. The van der Waals surface area contributed by atoms with Gasteiger partial charge in [-0.1, -0.05) is 24.3 Å². The second-order valence-electron chi connectivity index (χ2n) is 11.6. The number of H-pyrrole nitrogens is 1. The summed E-state index contributed by atoms with van der Waals surface area (Å²) in [4.78, 5) is 22.8. The van der Waals surface area contributed by atoms with E-state index in [4.69, 9.17) is 14.0 Å². The van der Waals surface area contributed by atoms with E-state index in [1.165, 1.54) is 0 Å². The van der Waals surface area contributed by atoms with Crippen LogP contribution in [0.4, 0.5) is 4.79 Å². The Balaban J connectivity index is 1.32. The van der Waals surface area contributed by atoms with Crippen molar-refractivity contribution in [2.45, 2.75) is 90.2 Å². The third-order valence-electron chi connectivity index (χ3n) is 7.37. The SMILES string of the molecule is CC(C)(C)OC(=O)N1C2CC2C[C@H]1c1ncc(-c2ccc(B3OC(C)(C)C(C)(C)O3)cc2)[nH]1. The van der Waals surface area contributed by atoms with Crippen molar-refractivity contribution < 1.29 is 18.8 Å². The molecule has 176 valence electrons. The van der Waals surface area contributed by atoms with Gasteiger partial charge in [-0.2, -0.15) is 0 Å². The molecule has 2 saturated heterocycles. The standard InChI is InChI=1S/C25H34BN3O4/c1-23(2,3)31-22(30)29-19-12-16(19)13-20(29)21-27-14-18(28-21)15-8-10-17(11-9-15)26-32-24(4,5)25(6,7)33-26/h8-11,14,16,19-20H,12-13H2,1-7H3,(H,27,28)/t16?,19?,20-/m0/s1. The summed E-state index contributed by atoms with van der Waals surface area (Å²) in [5.74, 6) is 1.37. The number of imidazole rings is 1. The van der Waals surface area contributed by atoms with E-state index in [0.717, 1.165) is 35.4 Å². The lowest BCUT2D eigenvalue weighted by Crippen LogP contribution is -2.41. The van der Waals surface area contributed by atoms with Crippen molar-refractivity contribution in [2.75, 3.05) is 0 Å². The molecular weight excluding hydrogens is 417 g/mol. The lowest BCUT2D eigenvalue weighted by atomic mass is 9.79. The fourth-order valence-corrected chi connectivity index (χ4v) is 4.73. The zero-order chi connectivity index (χ0) is 23.8. The molecule has 0 spiro atoms. The summed E-state index contributed by atoms with van der Waals surface area (Å²) in [7, 11) is -0.381. The van der Waals surface area contributed by atoms with Crippen LogP contribution in [0.15, 0.2) is 30.5 Å². The van der Waals surface area contributed by atoms with Gasteiger partial charge < -0.3 is 19.0 Å². The highest BCUT2D eigenvalue weighted by atomic mass is 16.7. The number of rotatable bonds is 3. The molecule has 1 aliphatic carbocycles. The largest absolute Gasteiger partial charge is 0.494 e. The first-order chi connectivity index (χ1) is 15.3. The van der Waals surface area contributed by atoms with Crippen molar-refractivity contribution in [3.05, 3.63) is 36.3 Å². The van der Waals surface area contributed by atoms with Crippen LogP contribution >= 0.6 is 0 Å². The second kappa shape index (κ2) is 7.34. The Kier molecular flexibility index (Phi) is 5.00. The topological polar surface area (TPSA) is 76.7 Å². The second-order valence-corrected chi connectivity index (χ2v) is 11.6. The number of ether oxygens (including phenoxy) is 1. The van der Waals surface area contributed by atoms with E-state index in [1.54, 1.807) is 0 Å². The highest BCUT2D eigenvalue weighted by Gasteiger charge is 2.56. The molecule has 3 atom stereocenters. The van der Waals surface area contributed by atoms with Crippen molar-refractivity contribution in [1.82, 2.24) is 14.9 Å². The minimum absolute atomic E-state index is 0.0682. The van der Waals surface area contributed by atoms with Crippen LogP contribution in [-0.4, -0.2) is 50.9 Å². The fraction of sp³-hybridized carbons (Fsp3) is 0.600. The summed E-state index contributed by atoms with van der Waals surface area (Å²) in [6.45, 7) is 13.9. The van der Waals surface area contributed by atoms with Crippen molar-refractivity contribution >= 4 is 18.7 Å². The molecule has 0 bridgehead atoms. The van der Waals surface area contributed by atoms with Crippen LogP contribution in [0.1, 0.15) is 73.2 Å². The zero-order valence-electron chi connectivity index (χ0n) is 20.6. The van der Waals surface area contributed by atoms with E-state index in [9.17, 15) is 4.79 Å². The zero-order valence-corrected chi connectivity index (χ0v) is 20.6. The van der Waals surface area contributed by atoms with Crippen LogP contribution in [0.5, 0.6) is 0 Å². The van der Waals surface area contributed by atoms with Crippen molar-refractivity contribution in [3.63, 3.8) is 0 Å². The monoisotopic (exact) mass is 451 g/mol. The third kappa shape index (κ3) is 4.08. The first-order valence-corrected chi connectivity index (χ1v) is 11.9. The number of carbonyl (C=O) groups is 1. The number of nitrogens with one attached hydrogen (secondary N) is 1. The summed E-state index contributed by atoms with van der Waals surface area (Å²) in [6, 6.07) is 8.38. The van der Waals surface area contributed by atoms with Crippen LogP contribution in [-0.2, 0) is 14.0 Å². The number of piperidine rings is 1. The maximum atomic E-state index is 12.9. The van der Waals surface area contributed by atoms with Crippen LogP contribution < -0.4 is 5.46 Å². The van der Waals surface area contributed by atoms with Gasteiger partial charge in [0.15, 0.2) is 0 Å². The molecule has 5 rings (SSSR count). The molecule has 33 heavy (non-hydrogen) atoms. The number of carbonyl (C=O) groups excluding carboxylic acids is 1. The highest BCUT2D eigenvalue weighted by Crippen LogP contribution is 2.53. The Morgan fingerprint density at radius 3 is 2.36 bits per heavy atom. The van der Waals surface area contributed by atoms with E-state index < -0.39 is 5.60 Å². The maximum absolute atomic E-state index is 12.9. The number of fused-ring (bicyclic) bond motifs is 1. The predicted molar refractivity (Wildman–Crippen MR) is 127 cm³/mol. The van der Waals surface area contributed by atoms with Crippen LogP contribution in [0.25, 0.3) is 11.3 Å². The molecule has 8 heteroatoms. The van der Waals surface area contributed by atoms with Crippen molar-refractivity contribution in [1.29, 1.82) is 0 Å².